The summed E-state index contributed by atoms with van der Waals surface area (Å²) in [4.78, 5) is 32.4. The van der Waals surface area contributed by atoms with E-state index in [1.54, 1.807) is 11.1 Å². The molecule has 1 fully saturated rings. The smallest absolute Gasteiger partial charge is 0.312 e. The number of carbonyl (C=O) groups is 2. The highest BCUT2D eigenvalue weighted by Crippen LogP contribution is 2.12. The number of nitrogens with one attached hydrogen (secondary N) is 1. The van der Waals surface area contributed by atoms with Crippen LogP contribution in [0.1, 0.15) is 5.56 Å². The molecule has 1 aliphatic rings. The van der Waals surface area contributed by atoms with Crippen LogP contribution in [0, 0.1) is 0 Å². The first kappa shape index (κ1) is 17.0. The number of pyridine rings is 1. The van der Waals surface area contributed by atoms with Crippen molar-refractivity contribution in [1.82, 2.24) is 15.2 Å². The molecular formula is C19H22N4O2. The first-order chi connectivity index (χ1) is 12.2. The van der Waals surface area contributed by atoms with Crippen LogP contribution in [0.25, 0.3) is 0 Å². The van der Waals surface area contributed by atoms with E-state index < -0.39 is 11.8 Å². The van der Waals surface area contributed by atoms with Crippen LogP contribution < -0.4 is 10.2 Å². The van der Waals surface area contributed by atoms with E-state index in [9.17, 15) is 9.59 Å². The van der Waals surface area contributed by atoms with Gasteiger partial charge < -0.3 is 15.1 Å². The van der Waals surface area contributed by atoms with Crippen molar-refractivity contribution in [3.05, 3.63) is 60.3 Å². The van der Waals surface area contributed by atoms with Gasteiger partial charge in [0.05, 0.1) is 0 Å². The number of piperazine rings is 1. The van der Waals surface area contributed by atoms with Crippen LogP contribution >= 0.6 is 0 Å². The molecule has 3 rings (SSSR count). The molecule has 1 aliphatic heterocycles. The molecule has 0 aliphatic carbocycles. The minimum Gasteiger partial charge on any atom is -0.353 e. The highest BCUT2D eigenvalue weighted by molar-refractivity contribution is 6.35. The fourth-order valence-electron chi connectivity index (χ4n) is 2.86. The summed E-state index contributed by atoms with van der Waals surface area (Å²) in [7, 11) is 0. The van der Waals surface area contributed by atoms with E-state index >= 15 is 0 Å². The summed E-state index contributed by atoms with van der Waals surface area (Å²) in [5, 5.41) is 2.72. The molecule has 0 unspecified atom stereocenters. The van der Waals surface area contributed by atoms with Gasteiger partial charge >= 0.3 is 11.8 Å². The largest absolute Gasteiger partial charge is 0.353 e. The summed E-state index contributed by atoms with van der Waals surface area (Å²) in [6.45, 7) is 2.88. The Labute approximate surface area is 147 Å². The van der Waals surface area contributed by atoms with Crippen molar-refractivity contribution in [1.29, 1.82) is 0 Å². The van der Waals surface area contributed by atoms with Crippen LogP contribution in [0.2, 0.25) is 0 Å². The summed E-state index contributed by atoms with van der Waals surface area (Å²) < 4.78 is 0. The number of aromatic nitrogens is 1. The van der Waals surface area contributed by atoms with E-state index in [4.69, 9.17) is 0 Å². The van der Waals surface area contributed by atoms with E-state index in [1.807, 2.05) is 48.5 Å². The summed E-state index contributed by atoms with van der Waals surface area (Å²) >= 11 is 0. The lowest BCUT2D eigenvalue weighted by Crippen LogP contribution is -2.53. The molecule has 1 aromatic carbocycles. The van der Waals surface area contributed by atoms with Gasteiger partial charge in [0.1, 0.15) is 5.82 Å². The normalized spacial score (nSPS) is 14.2. The Bertz CT molecular complexity index is 698. The first-order valence-corrected chi connectivity index (χ1v) is 8.51. The number of amides is 2. The quantitative estimate of drug-likeness (QED) is 0.848. The summed E-state index contributed by atoms with van der Waals surface area (Å²) in [5.41, 5.74) is 1.14. The monoisotopic (exact) mass is 338 g/mol. The molecule has 0 bridgehead atoms. The first-order valence-electron chi connectivity index (χ1n) is 8.51. The lowest BCUT2D eigenvalue weighted by molar-refractivity contribution is -0.146. The maximum atomic E-state index is 12.3. The number of rotatable bonds is 4. The molecule has 1 aromatic heterocycles. The topological polar surface area (TPSA) is 65.5 Å². The molecule has 0 saturated carbocycles. The maximum Gasteiger partial charge on any atom is 0.312 e. The second-order valence-corrected chi connectivity index (χ2v) is 5.96. The standard InChI is InChI=1S/C19H22N4O2/c24-18(21-11-9-16-6-2-1-3-7-16)19(25)23-14-12-22(13-15-23)17-8-4-5-10-20-17/h1-8,10H,9,11-15H2,(H,21,24). The van der Waals surface area contributed by atoms with Gasteiger partial charge in [-0.3, -0.25) is 9.59 Å². The van der Waals surface area contributed by atoms with Crippen LogP contribution in [0.4, 0.5) is 5.82 Å². The van der Waals surface area contributed by atoms with Gasteiger partial charge in [-0.05, 0) is 24.1 Å². The van der Waals surface area contributed by atoms with Gasteiger partial charge in [-0.1, -0.05) is 36.4 Å². The number of nitrogens with zero attached hydrogens (tertiary/aromatic N) is 3. The lowest BCUT2D eigenvalue weighted by Gasteiger charge is -2.35. The number of carbonyl (C=O) groups excluding carboxylic acids is 2. The predicted octanol–water partition coefficient (Wildman–Crippen LogP) is 1.09. The number of hydrogen-bond donors (Lipinski definition) is 1. The highest BCUT2D eigenvalue weighted by Gasteiger charge is 2.26. The Morgan fingerprint density at radius 1 is 0.960 bits per heavy atom. The molecular weight excluding hydrogens is 316 g/mol. The van der Waals surface area contributed by atoms with E-state index in [0.29, 0.717) is 39.1 Å². The number of hydrogen-bond acceptors (Lipinski definition) is 4. The van der Waals surface area contributed by atoms with Crippen molar-refractivity contribution in [2.75, 3.05) is 37.6 Å². The lowest BCUT2D eigenvalue weighted by atomic mass is 10.1. The highest BCUT2D eigenvalue weighted by atomic mass is 16.2. The van der Waals surface area contributed by atoms with Crippen LogP contribution in [0.15, 0.2) is 54.7 Å². The molecule has 0 spiro atoms. The fourth-order valence-corrected chi connectivity index (χ4v) is 2.86. The zero-order valence-corrected chi connectivity index (χ0v) is 14.1. The van der Waals surface area contributed by atoms with E-state index in [0.717, 1.165) is 11.4 Å². The molecule has 2 heterocycles. The average molecular weight is 338 g/mol. The molecule has 1 N–H and O–H groups in total. The van der Waals surface area contributed by atoms with Gasteiger partial charge in [0.2, 0.25) is 0 Å². The van der Waals surface area contributed by atoms with Gasteiger partial charge in [0.25, 0.3) is 0 Å². The van der Waals surface area contributed by atoms with E-state index in [1.165, 1.54) is 0 Å². The molecule has 25 heavy (non-hydrogen) atoms. The Morgan fingerprint density at radius 3 is 2.36 bits per heavy atom. The Balaban J connectivity index is 1.43. The number of benzene rings is 1. The van der Waals surface area contributed by atoms with Crippen LogP contribution in [-0.4, -0.2) is 54.4 Å². The molecule has 2 aromatic rings. The molecule has 130 valence electrons. The molecule has 2 amide bonds. The third-order valence-electron chi connectivity index (χ3n) is 4.28. The van der Waals surface area contributed by atoms with Crippen molar-refractivity contribution < 1.29 is 9.59 Å². The Morgan fingerprint density at radius 2 is 1.68 bits per heavy atom. The second-order valence-electron chi connectivity index (χ2n) is 5.96. The van der Waals surface area contributed by atoms with Gasteiger partial charge in [0, 0.05) is 38.9 Å². The predicted molar refractivity (Wildman–Crippen MR) is 96.2 cm³/mol. The van der Waals surface area contributed by atoms with Crippen molar-refractivity contribution in [2.45, 2.75) is 6.42 Å². The summed E-state index contributed by atoms with van der Waals surface area (Å²) in [6.07, 6.45) is 2.47. The van der Waals surface area contributed by atoms with Gasteiger partial charge in [0.15, 0.2) is 0 Å². The third kappa shape index (κ3) is 4.56. The summed E-state index contributed by atoms with van der Waals surface area (Å²) in [6, 6.07) is 15.7. The van der Waals surface area contributed by atoms with Crippen LogP contribution in [0.5, 0.6) is 0 Å². The van der Waals surface area contributed by atoms with E-state index in [-0.39, 0.29) is 0 Å². The van der Waals surface area contributed by atoms with E-state index in [2.05, 4.69) is 15.2 Å². The second kappa shape index (κ2) is 8.28. The molecule has 1 saturated heterocycles. The Kier molecular flexibility index (Phi) is 5.61. The fraction of sp³-hybridized carbons (Fsp3) is 0.316. The average Bonchev–Trinajstić information content (AvgIpc) is 2.69. The zero-order valence-electron chi connectivity index (χ0n) is 14.1. The molecule has 6 heteroatoms. The summed E-state index contributed by atoms with van der Waals surface area (Å²) in [5.74, 6) is -0.0714. The third-order valence-corrected chi connectivity index (χ3v) is 4.28. The van der Waals surface area contributed by atoms with Crippen LogP contribution in [-0.2, 0) is 16.0 Å². The number of anilines is 1. The molecule has 6 nitrogen and oxygen atoms in total. The minimum absolute atomic E-state index is 0.450. The minimum atomic E-state index is -0.526. The molecule has 0 atom stereocenters. The van der Waals surface area contributed by atoms with Gasteiger partial charge in [-0.15, -0.1) is 0 Å². The van der Waals surface area contributed by atoms with Gasteiger partial charge in [-0.2, -0.15) is 0 Å². The van der Waals surface area contributed by atoms with Gasteiger partial charge in [-0.25, -0.2) is 4.98 Å². The van der Waals surface area contributed by atoms with Crippen LogP contribution in [0.3, 0.4) is 0 Å². The zero-order chi connectivity index (χ0) is 17.5. The van der Waals surface area contributed by atoms with Crippen molar-refractivity contribution in [2.24, 2.45) is 0 Å². The van der Waals surface area contributed by atoms with Crippen molar-refractivity contribution in [3.8, 4) is 0 Å². The Hall–Kier alpha value is -2.89. The van der Waals surface area contributed by atoms with Crippen molar-refractivity contribution in [3.63, 3.8) is 0 Å². The molecule has 0 radical (unpaired) electrons. The van der Waals surface area contributed by atoms with Crippen molar-refractivity contribution >= 4 is 17.6 Å². The SMILES string of the molecule is O=C(NCCc1ccccc1)C(=O)N1CCN(c2ccccn2)CC1. The maximum absolute atomic E-state index is 12.3.